The van der Waals surface area contributed by atoms with Gasteiger partial charge in [-0.15, -0.1) is 23.1 Å². The fourth-order valence-electron chi connectivity index (χ4n) is 6.96. The van der Waals surface area contributed by atoms with Crippen molar-refractivity contribution in [2.45, 2.75) is 29.7 Å². The van der Waals surface area contributed by atoms with Crippen LogP contribution in [-0.4, -0.2) is 50.5 Å². The van der Waals surface area contributed by atoms with Gasteiger partial charge < -0.3 is 30.2 Å². The summed E-state index contributed by atoms with van der Waals surface area (Å²) >= 11 is 2.78. The van der Waals surface area contributed by atoms with Gasteiger partial charge in [-0.3, -0.25) is 19.3 Å². The molecule has 0 aliphatic carbocycles. The van der Waals surface area contributed by atoms with Crippen LogP contribution >= 0.6 is 23.1 Å². The maximum absolute atomic E-state index is 14.3. The number of anilines is 2. The van der Waals surface area contributed by atoms with Crippen LogP contribution in [0.25, 0.3) is 6.08 Å². The molecule has 7 rings (SSSR count). The first kappa shape index (κ1) is 42.3. The molecule has 0 saturated heterocycles. The van der Waals surface area contributed by atoms with Crippen molar-refractivity contribution in [2.75, 3.05) is 38.5 Å². The van der Waals surface area contributed by atoms with Gasteiger partial charge >= 0.3 is 0 Å². The smallest absolute Gasteiger partial charge is 0.272 e. The number of thioether (sulfide) groups is 1. The molecule has 1 aliphatic rings. The summed E-state index contributed by atoms with van der Waals surface area (Å²) in [6, 6.07) is 41.1. The number of carbonyl (C=O) groups is 3. The molecule has 2 heterocycles. The monoisotopic (exact) mass is 849 g/mol. The minimum absolute atomic E-state index is 0.0610. The standard InChI is InChI=1S/C48H43N5O6S2/c1-57-40-27-42(59-3)41(58-2)25-34(40)24-39(51-45(54)33-18-11-6-12-19-33)46(55)50-35-20-13-21-36(26-35)60-44(32-16-9-5-10-17-32)47(56)52-48-38(28-49)37-22-23-53(30-43(37)61-48)29-31-14-7-4-8-15-31/h4-21,24-27,44H,22-23,29-30H2,1-3H3,(H,50,55)(H,51,54)(H,52,56)/b39-24+. The van der Waals surface area contributed by atoms with Crippen molar-refractivity contribution in [3.63, 3.8) is 0 Å². The molecule has 308 valence electrons. The minimum Gasteiger partial charge on any atom is -0.496 e. The summed E-state index contributed by atoms with van der Waals surface area (Å²) in [5.41, 5.74) is 4.69. The van der Waals surface area contributed by atoms with Crippen LogP contribution in [0.3, 0.4) is 0 Å². The number of carbonyl (C=O) groups excluding carboxylic acids is 3. The number of hydrogen-bond acceptors (Lipinski definition) is 10. The average Bonchev–Trinajstić information content (AvgIpc) is 3.64. The van der Waals surface area contributed by atoms with E-state index >= 15 is 0 Å². The first-order valence-electron chi connectivity index (χ1n) is 19.4. The summed E-state index contributed by atoms with van der Waals surface area (Å²) in [6.07, 6.45) is 2.23. The Bertz CT molecular complexity index is 2590. The van der Waals surface area contributed by atoms with E-state index in [9.17, 15) is 19.6 Å². The Morgan fingerprint density at radius 3 is 2.18 bits per heavy atom. The zero-order valence-corrected chi connectivity index (χ0v) is 35.4. The third kappa shape index (κ3) is 10.3. The van der Waals surface area contributed by atoms with Gasteiger partial charge in [0.2, 0.25) is 5.91 Å². The molecule has 13 heteroatoms. The van der Waals surface area contributed by atoms with Crippen LogP contribution in [0, 0.1) is 11.3 Å². The molecule has 0 saturated carbocycles. The molecular formula is C48H43N5O6S2. The molecule has 5 aromatic carbocycles. The van der Waals surface area contributed by atoms with Crippen molar-refractivity contribution in [1.29, 1.82) is 5.26 Å². The van der Waals surface area contributed by atoms with Crippen LogP contribution in [0.4, 0.5) is 10.7 Å². The Balaban J connectivity index is 1.13. The van der Waals surface area contributed by atoms with E-state index in [1.807, 2.05) is 54.6 Å². The Hall–Kier alpha value is -6.85. The summed E-state index contributed by atoms with van der Waals surface area (Å²) in [7, 11) is 4.50. The quantitative estimate of drug-likeness (QED) is 0.0682. The van der Waals surface area contributed by atoms with Gasteiger partial charge in [0, 0.05) is 52.3 Å². The maximum Gasteiger partial charge on any atom is 0.272 e. The van der Waals surface area contributed by atoms with E-state index in [2.05, 4.69) is 39.1 Å². The summed E-state index contributed by atoms with van der Waals surface area (Å²) in [5.74, 6) is -0.154. The molecule has 6 aromatic rings. The third-order valence-electron chi connectivity index (χ3n) is 9.98. The fraction of sp³-hybridized carbons (Fsp3) is 0.167. The molecule has 3 N–H and O–H groups in total. The molecule has 1 aromatic heterocycles. The molecule has 0 bridgehead atoms. The second-order valence-electron chi connectivity index (χ2n) is 14.0. The van der Waals surface area contributed by atoms with E-state index in [4.69, 9.17) is 14.2 Å². The highest BCUT2D eigenvalue weighted by Gasteiger charge is 2.29. The molecule has 1 aliphatic heterocycles. The lowest BCUT2D eigenvalue weighted by molar-refractivity contribution is -0.116. The number of hydrogen-bond donors (Lipinski definition) is 3. The lowest BCUT2D eigenvalue weighted by Crippen LogP contribution is -2.30. The summed E-state index contributed by atoms with van der Waals surface area (Å²) in [4.78, 5) is 45.9. The SMILES string of the molecule is COc1cc(OC)c(OC)cc1/C=C(/NC(=O)c1ccccc1)C(=O)Nc1cccc(SC(C(=O)Nc2sc3c(c2C#N)CCN(Cc2ccccc2)C3)c2ccccc2)c1. The van der Waals surface area contributed by atoms with Gasteiger partial charge in [0.15, 0.2) is 11.5 Å². The zero-order valence-electron chi connectivity index (χ0n) is 33.8. The van der Waals surface area contributed by atoms with E-state index in [1.165, 1.54) is 56.1 Å². The number of rotatable bonds is 15. The fourth-order valence-corrected chi connectivity index (χ4v) is 9.29. The number of benzene rings is 5. The van der Waals surface area contributed by atoms with Gasteiger partial charge in [-0.25, -0.2) is 0 Å². The average molecular weight is 850 g/mol. The van der Waals surface area contributed by atoms with E-state index in [-0.39, 0.29) is 11.6 Å². The van der Waals surface area contributed by atoms with Crippen LogP contribution in [0.15, 0.2) is 138 Å². The molecule has 3 amide bonds. The van der Waals surface area contributed by atoms with Gasteiger partial charge in [-0.2, -0.15) is 5.26 Å². The van der Waals surface area contributed by atoms with Crippen LogP contribution in [0.1, 0.15) is 48.3 Å². The second-order valence-corrected chi connectivity index (χ2v) is 16.3. The van der Waals surface area contributed by atoms with Crippen LogP contribution in [0.2, 0.25) is 0 Å². The molecule has 0 spiro atoms. The number of nitrogens with one attached hydrogen (secondary N) is 3. The predicted octanol–water partition coefficient (Wildman–Crippen LogP) is 9.09. The Kier molecular flexibility index (Phi) is 13.8. The number of nitriles is 1. The molecular weight excluding hydrogens is 807 g/mol. The number of nitrogens with zero attached hydrogens (tertiary/aromatic N) is 2. The minimum atomic E-state index is -0.703. The lowest BCUT2D eigenvalue weighted by atomic mass is 10.0. The number of amides is 3. The van der Waals surface area contributed by atoms with E-state index in [0.29, 0.717) is 56.1 Å². The number of ether oxygens (including phenoxy) is 3. The van der Waals surface area contributed by atoms with Gasteiger partial charge in [0.25, 0.3) is 11.8 Å². The van der Waals surface area contributed by atoms with Gasteiger partial charge in [0.1, 0.15) is 27.8 Å². The normalized spacial score (nSPS) is 12.9. The van der Waals surface area contributed by atoms with E-state index in [0.717, 1.165) is 35.5 Å². The highest BCUT2D eigenvalue weighted by atomic mass is 32.2. The van der Waals surface area contributed by atoms with Crippen molar-refractivity contribution in [3.8, 4) is 23.3 Å². The predicted molar refractivity (Wildman–Crippen MR) is 240 cm³/mol. The van der Waals surface area contributed by atoms with Gasteiger partial charge in [-0.1, -0.05) is 84.9 Å². The van der Waals surface area contributed by atoms with Gasteiger partial charge in [0.05, 0.1) is 26.9 Å². The van der Waals surface area contributed by atoms with Crippen LogP contribution in [-0.2, 0) is 29.1 Å². The van der Waals surface area contributed by atoms with Crippen LogP contribution in [0.5, 0.6) is 17.2 Å². The van der Waals surface area contributed by atoms with Crippen molar-refractivity contribution in [1.82, 2.24) is 10.2 Å². The third-order valence-corrected chi connectivity index (χ3v) is 12.4. The molecule has 61 heavy (non-hydrogen) atoms. The molecule has 1 atom stereocenters. The highest BCUT2D eigenvalue weighted by molar-refractivity contribution is 8.00. The Morgan fingerprint density at radius 2 is 1.49 bits per heavy atom. The number of methoxy groups -OCH3 is 3. The molecule has 0 radical (unpaired) electrons. The van der Waals surface area contributed by atoms with Crippen molar-refractivity contribution in [3.05, 3.63) is 171 Å². The number of thiophene rings is 1. The van der Waals surface area contributed by atoms with Crippen molar-refractivity contribution in [2.24, 2.45) is 0 Å². The molecule has 0 fully saturated rings. The Morgan fingerprint density at radius 1 is 0.820 bits per heavy atom. The zero-order chi connectivity index (χ0) is 42.7. The Labute approximate surface area is 363 Å². The lowest BCUT2D eigenvalue weighted by Gasteiger charge is -2.26. The topological polar surface area (TPSA) is 142 Å². The maximum atomic E-state index is 14.3. The number of fused-ring (bicyclic) bond motifs is 1. The van der Waals surface area contributed by atoms with Gasteiger partial charge in [-0.05, 0) is 65.6 Å². The first-order valence-corrected chi connectivity index (χ1v) is 21.1. The molecule has 1 unspecified atom stereocenters. The second kappa shape index (κ2) is 19.9. The van der Waals surface area contributed by atoms with Crippen LogP contribution < -0.4 is 30.2 Å². The summed E-state index contributed by atoms with van der Waals surface area (Å²) < 4.78 is 16.5. The summed E-state index contributed by atoms with van der Waals surface area (Å²) in [6.45, 7) is 2.32. The van der Waals surface area contributed by atoms with E-state index in [1.54, 1.807) is 60.7 Å². The van der Waals surface area contributed by atoms with Crippen molar-refractivity contribution < 1.29 is 28.6 Å². The molecule has 11 nitrogen and oxygen atoms in total. The first-order chi connectivity index (χ1) is 29.8. The highest BCUT2D eigenvalue weighted by Crippen LogP contribution is 2.41. The van der Waals surface area contributed by atoms with E-state index < -0.39 is 17.1 Å². The van der Waals surface area contributed by atoms with Crippen molar-refractivity contribution >= 4 is 57.6 Å². The largest absolute Gasteiger partial charge is 0.496 e. The summed E-state index contributed by atoms with van der Waals surface area (Å²) in [5, 5.41) is 18.9.